The Morgan fingerprint density at radius 3 is 2.45 bits per heavy atom. The molecule has 3 rings (SSSR count). The van der Waals surface area contributed by atoms with Crippen LogP contribution in [0.15, 0.2) is 75.8 Å². The lowest BCUT2D eigenvalue weighted by Gasteiger charge is -2.09. The van der Waals surface area contributed by atoms with Crippen LogP contribution in [0.3, 0.4) is 0 Å². The number of benzene rings is 2. The lowest BCUT2D eigenvalue weighted by atomic mass is 10.2. The van der Waals surface area contributed by atoms with Gasteiger partial charge in [-0.15, -0.1) is 11.3 Å². The molecular formula is C20H12F3NO3S2. The molecule has 1 aromatic heterocycles. The maximum Gasteiger partial charge on any atom is 0.416 e. The molecule has 0 radical (unpaired) electrons. The molecular weight excluding hydrogens is 423 g/mol. The van der Waals surface area contributed by atoms with E-state index >= 15 is 0 Å². The standard InChI is InChI=1S/C20H12F3NO3S2/c21-20(22,23)14-5-4-8-16(11-14)29(25,26)17(13-24)12-19-18(9-10-28-19)27-15-6-2-1-3-7-15/h1-12H/b17-12-. The molecule has 9 heteroatoms. The number of halogens is 3. The zero-order valence-electron chi connectivity index (χ0n) is 14.6. The predicted octanol–water partition coefficient (Wildman–Crippen LogP) is 5.90. The molecule has 0 atom stereocenters. The first kappa shape index (κ1) is 20.6. The summed E-state index contributed by atoms with van der Waals surface area (Å²) in [6.07, 6.45) is -3.61. The molecule has 0 spiro atoms. The number of ether oxygens (including phenoxy) is 1. The molecule has 0 bridgehead atoms. The van der Waals surface area contributed by atoms with Crippen molar-refractivity contribution in [3.8, 4) is 17.6 Å². The van der Waals surface area contributed by atoms with Gasteiger partial charge in [0.05, 0.1) is 15.3 Å². The van der Waals surface area contributed by atoms with Crippen LogP contribution in [0.25, 0.3) is 6.08 Å². The fourth-order valence-corrected chi connectivity index (χ4v) is 4.38. The van der Waals surface area contributed by atoms with Gasteiger partial charge in [-0.3, -0.25) is 0 Å². The molecule has 0 aliphatic rings. The molecule has 0 saturated heterocycles. The number of alkyl halides is 3. The van der Waals surface area contributed by atoms with Crippen LogP contribution in [0.1, 0.15) is 10.4 Å². The number of hydrogen-bond donors (Lipinski definition) is 0. The van der Waals surface area contributed by atoms with Crippen molar-refractivity contribution in [3.63, 3.8) is 0 Å². The third-order valence-corrected chi connectivity index (χ3v) is 6.27. The summed E-state index contributed by atoms with van der Waals surface area (Å²) in [6.45, 7) is 0. The Morgan fingerprint density at radius 1 is 1.07 bits per heavy atom. The summed E-state index contributed by atoms with van der Waals surface area (Å²) in [5.74, 6) is 0.841. The average molecular weight is 435 g/mol. The van der Waals surface area contributed by atoms with Crippen LogP contribution in [0, 0.1) is 11.3 Å². The number of nitrogens with zero attached hydrogens (tertiary/aromatic N) is 1. The number of sulfone groups is 1. The summed E-state index contributed by atoms with van der Waals surface area (Å²) in [5, 5.41) is 11.0. The molecule has 148 valence electrons. The summed E-state index contributed by atoms with van der Waals surface area (Å²) in [5.41, 5.74) is -1.11. The van der Waals surface area contributed by atoms with Gasteiger partial charge in [0.15, 0.2) is 4.91 Å². The van der Waals surface area contributed by atoms with Gasteiger partial charge in [0, 0.05) is 0 Å². The van der Waals surface area contributed by atoms with Gasteiger partial charge >= 0.3 is 6.18 Å². The van der Waals surface area contributed by atoms with Gasteiger partial charge in [-0.2, -0.15) is 18.4 Å². The molecule has 0 amide bonds. The highest BCUT2D eigenvalue weighted by Gasteiger charge is 2.32. The number of rotatable bonds is 5. The van der Waals surface area contributed by atoms with Crippen molar-refractivity contribution in [2.45, 2.75) is 11.1 Å². The van der Waals surface area contributed by atoms with Gasteiger partial charge in [0.25, 0.3) is 0 Å². The number of thiophene rings is 1. The summed E-state index contributed by atoms with van der Waals surface area (Å²) in [7, 11) is -4.45. The lowest BCUT2D eigenvalue weighted by Crippen LogP contribution is -2.08. The summed E-state index contributed by atoms with van der Waals surface area (Å²) in [4.78, 5) is -0.944. The van der Waals surface area contributed by atoms with Crippen molar-refractivity contribution < 1.29 is 26.3 Å². The van der Waals surface area contributed by atoms with Crippen LogP contribution >= 0.6 is 11.3 Å². The first-order chi connectivity index (χ1) is 13.7. The Morgan fingerprint density at radius 2 is 1.79 bits per heavy atom. The van der Waals surface area contributed by atoms with E-state index in [2.05, 4.69) is 0 Å². The largest absolute Gasteiger partial charge is 0.456 e. The summed E-state index contributed by atoms with van der Waals surface area (Å²) < 4.78 is 69.9. The Labute approximate surface area is 169 Å². The predicted molar refractivity (Wildman–Crippen MR) is 103 cm³/mol. The fraction of sp³-hybridized carbons (Fsp3) is 0.0500. The Kier molecular flexibility index (Phi) is 5.77. The third-order valence-electron chi connectivity index (χ3n) is 3.76. The minimum atomic E-state index is -4.70. The molecule has 0 N–H and O–H groups in total. The van der Waals surface area contributed by atoms with E-state index in [1.54, 1.807) is 47.8 Å². The second-order valence-corrected chi connectivity index (χ2v) is 8.58. The number of para-hydroxylation sites is 1. The van der Waals surface area contributed by atoms with Gasteiger partial charge in [-0.1, -0.05) is 24.3 Å². The Bertz CT molecular complexity index is 1190. The van der Waals surface area contributed by atoms with E-state index in [1.807, 2.05) is 0 Å². The smallest absolute Gasteiger partial charge is 0.416 e. The average Bonchev–Trinajstić information content (AvgIpc) is 3.13. The van der Waals surface area contributed by atoms with E-state index in [4.69, 9.17) is 4.74 Å². The van der Waals surface area contributed by atoms with Crippen LogP contribution in [-0.4, -0.2) is 8.42 Å². The van der Waals surface area contributed by atoms with E-state index in [0.29, 0.717) is 22.4 Å². The van der Waals surface area contributed by atoms with Crippen molar-refractivity contribution >= 4 is 27.3 Å². The number of nitriles is 1. The normalized spacial score (nSPS) is 12.4. The second-order valence-electron chi connectivity index (χ2n) is 5.71. The topological polar surface area (TPSA) is 67.2 Å². The molecule has 0 saturated carbocycles. The quantitative estimate of drug-likeness (QED) is 0.468. The Balaban J connectivity index is 1.99. The third kappa shape index (κ3) is 4.67. The van der Waals surface area contributed by atoms with Crippen molar-refractivity contribution in [2.24, 2.45) is 0 Å². The van der Waals surface area contributed by atoms with Crippen LogP contribution in [0.5, 0.6) is 11.5 Å². The minimum absolute atomic E-state index is 0.327. The molecule has 29 heavy (non-hydrogen) atoms. The van der Waals surface area contributed by atoms with Crippen molar-refractivity contribution in [1.29, 1.82) is 5.26 Å². The Hall–Kier alpha value is -3.09. The van der Waals surface area contributed by atoms with E-state index < -0.39 is 31.4 Å². The van der Waals surface area contributed by atoms with Crippen LogP contribution in [0.4, 0.5) is 13.2 Å². The van der Waals surface area contributed by atoms with Gasteiger partial charge in [-0.25, -0.2) is 8.42 Å². The molecule has 3 aromatic rings. The highest BCUT2D eigenvalue weighted by Crippen LogP contribution is 2.35. The van der Waals surface area contributed by atoms with Crippen LogP contribution in [0.2, 0.25) is 0 Å². The summed E-state index contributed by atoms with van der Waals surface area (Å²) in [6, 6.07) is 15.2. The molecule has 0 aliphatic heterocycles. The minimum Gasteiger partial charge on any atom is -0.456 e. The first-order valence-corrected chi connectivity index (χ1v) is 10.4. The van der Waals surface area contributed by atoms with Gasteiger partial charge in [0.1, 0.15) is 17.6 Å². The number of hydrogen-bond acceptors (Lipinski definition) is 5. The van der Waals surface area contributed by atoms with Crippen LogP contribution in [-0.2, 0) is 16.0 Å². The van der Waals surface area contributed by atoms with E-state index in [9.17, 15) is 26.9 Å². The zero-order valence-corrected chi connectivity index (χ0v) is 16.2. The first-order valence-electron chi connectivity index (χ1n) is 8.06. The maximum absolute atomic E-state index is 12.9. The molecule has 0 aliphatic carbocycles. The van der Waals surface area contributed by atoms with Crippen LogP contribution < -0.4 is 4.74 Å². The van der Waals surface area contributed by atoms with Gasteiger partial charge in [-0.05, 0) is 47.9 Å². The highest BCUT2D eigenvalue weighted by molar-refractivity contribution is 7.95. The molecule has 4 nitrogen and oxygen atoms in total. The van der Waals surface area contributed by atoms with E-state index in [1.165, 1.54) is 0 Å². The molecule has 0 unspecified atom stereocenters. The van der Waals surface area contributed by atoms with Gasteiger partial charge < -0.3 is 4.74 Å². The van der Waals surface area contributed by atoms with E-state index in [0.717, 1.165) is 35.6 Å². The summed E-state index contributed by atoms with van der Waals surface area (Å²) >= 11 is 1.13. The SMILES string of the molecule is N#C/C(=C/c1sccc1Oc1ccccc1)S(=O)(=O)c1cccc(C(F)(F)F)c1. The fourth-order valence-electron chi connectivity index (χ4n) is 2.37. The highest BCUT2D eigenvalue weighted by atomic mass is 32.2. The van der Waals surface area contributed by atoms with E-state index in [-0.39, 0.29) is 0 Å². The van der Waals surface area contributed by atoms with Crippen molar-refractivity contribution in [2.75, 3.05) is 0 Å². The maximum atomic E-state index is 12.9. The zero-order chi connectivity index (χ0) is 21.1. The lowest BCUT2D eigenvalue weighted by molar-refractivity contribution is -0.137. The van der Waals surface area contributed by atoms with Gasteiger partial charge in [0.2, 0.25) is 9.84 Å². The molecule has 1 heterocycles. The van der Waals surface area contributed by atoms with Crippen molar-refractivity contribution in [1.82, 2.24) is 0 Å². The second kappa shape index (κ2) is 8.11. The molecule has 2 aromatic carbocycles. The number of allylic oxidation sites excluding steroid dienone is 1. The molecule has 0 fully saturated rings. The monoisotopic (exact) mass is 435 g/mol. The van der Waals surface area contributed by atoms with Crippen molar-refractivity contribution in [3.05, 3.63) is 81.4 Å².